The molecule has 0 amide bonds. The highest BCUT2D eigenvalue weighted by atomic mass is 32.2. The molecule has 2 aromatic carbocycles. The molecule has 3 nitrogen and oxygen atoms in total. The van der Waals surface area contributed by atoms with Crippen LogP contribution in [0.25, 0.3) is 5.70 Å². The number of nitrogen functional groups attached to an aromatic ring is 1. The molecular weight excluding hydrogens is 326 g/mol. The van der Waals surface area contributed by atoms with E-state index >= 15 is 0 Å². The number of nitriles is 1. The van der Waals surface area contributed by atoms with Crippen LogP contribution in [-0.2, 0) is 5.75 Å². The molecule has 1 aromatic heterocycles. The third kappa shape index (κ3) is 6.94. The largest absolute Gasteiger partial charge is 0.420 e. The van der Waals surface area contributed by atoms with Crippen molar-refractivity contribution in [3.8, 4) is 6.07 Å². The average molecular weight is 345 g/mol. The number of hydrogen-bond acceptors (Lipinski definition) is 3. The zero-order valence-corrected chi connectivity index (χ0v) is 14.6. The van der Waals surface area contributed by atoms with E-state index in [2.05, 4.69) is 24.3 Å². The molecule has 0 bridgehead atoms. The SMILES string of the molecule is N#C/C(=C\SCc1ccccc1)[n+]1ccccc1.Nc1[c-]cccc1. The molecule has 0 aliphatic carbocycles. The Morgan fingerprint density at radius 3 is 2.28 bits per heavy atom. The van der Waals surface area contributed by atoms with Gasteiger partial charge < -0.3 is 5.73 Å². The number of pyridine rings is 1. The summed E-state index contributed by atoms with van der Waals surface area (Å²) in [6, 6.07) is 28.4. The molecule has 0 fully saturated rings. The maximum absolute atomic E-state index is 9.12. The van der Waals surface area contributed by atoms with E-state index in [0.717, 1.165) is 5.75 Å². The second-order valence-electron chi connectivity index (χ2n) is 5.01. The lowest BCUT2D eigenvalue weighted by atomic mass is 10.2. The number of allylic oxidation sites excluding steroid dienone is 1. The first-order valence-electron chi connectivity index (χ1n) is 7.74. The molecule has 25 heavy (non-hydrogen) atoms. The molecular formula is C21H19N3S. The van der Waals surface area contributed by atoms with E-state index < -0.39 is 0 Å². The molecule has 2 N–H and O–H groups in total. The summed E-state index contributed by atoms with van der Waals surface area (Å²) in [7, 11) is 0. The van der Waals surface area contributed by atoms with Gasteiger partial charge in [-0.1, -0.05) is 42.1 Å². The van der Waals surface area contributed by atoms with Gasteiger partial charge in [-0.2, -0.15) is 34.1 Å². The summed E-state index contributed by atoms with van der Waals surface area (Å²) < 4.78 is 1.82. The number of aromatic nitrogens is 1. The van der Waals surface area contributed by atoms with Crippen molar-refractivity contribution in [3.05, 3.63) is 102 Å². The van der Waals surface area contributed by atoms with Crippen molar-refractivity contribution in [2.24, 2.45) is 0 Å². The second kappa shape index (κ2) is 10.7. The van der Waals surface area contributed by atoms with Crippen LogP contribution in [0.4, 0.5) is 5.69 Å². The summed E-state index contributed by atoms with van der Waals surface area (Å²) in [5, 5.41) is 11.0. The minimum Gasteiger partial charge on any atom is -0.420 e. The normalized spacial score (nSPS) is 10.3. The van der Waals surface area contributed by atoms with Gasteiger partial charge in [0.25, 0.3) is 5.70 Å². The Labute approximate surface area is 153 Å². The monoisotopic (exact) mass is 345 g/mol. The summed E-state index contributed by atoms with van der Waals surface area (Å²) in [6.07, 6.45) is 3.75. The third-order valence-electron chi connectivity index (χ3n) is 3.13. The van der Waals surface area contributed by atoms with Gasteiger partial charge >= 0.3 is 0 Å². The highest BCUT2D eigenvalue weighted by Gasteiger charge is 2.06. The number of nitrogens with zero attached hydrogens (tertiary/aromatic N) is 2. The van der Waals surface area contributed by atoms with Crippen molar-refractivity contribution >= 4 is 23.1 Å². The van der Waals surface area contributed by atoms with E-state index in [0.29, 0.717) is 11.4 Å². The minimum absolute atomic E-state index is 0.636. The fraction of sp³-hybridized carbons (Fsp3) is 0.0476. The quantitative estimate of drug-likeness (QED) is 0.332. The predicted octanol–water partition coefficient (Wildman–Crippen LogP) is 4.30. The molecule has 1 heterocycles. The molecule has 0 aliphatic rings. The van der Waals surface area contributed by atoms with Crippen molar-refractivity contribution in [1.29, 1.82) is 5.26 Å². The highest BCUT2D eigenvalue weighted by Crippen LogP contribution is 2.14. The standard InChI is InChI=1S/C15H13N2S.C6H6N/c16-11-15(17-9-5-2-6-10-17)13-18-12-14-7-3-1-4-8-14;7-6-4-2-1-3-5-6/h1-10,13H,12H2;1-4H,7H2/q+1;-1/b15-13+;. The fourth-order valence-electron chi connectivity index (χ4n) is 1.90. The van der Waals surface area contributed by atoms with Crippen LogP contribution in [0.5, 0.6) is 0 Å². The van der Waals surface area contributed by atoms with Crippen molar-refractivity contribution < 1.29 is 4.57 Å². The van der Waals surface area contributed by atoms with Crippen LogP contribution in [0.2, 0.25) is 0 Å². The smallest absolute Gasteiger partial charge is 0.295 e. The summed E-state index contributed by atoms with van der Waals surface area (Å²) in [4.78, 5) is 0. The van der Waals surface area contributed by atoms with Gasteiger partial charge in [0.05, 0.1) is 5.41 Å². The van der Waals surface area contributed by atoms with Gasteiger partial charge in [0.1, 0.15) is 0 Å². The van der Waals surface area contributed by atoms with E-state index in [1.54, 1.807) is 23.9 Å². The van der Waals surface area contributed by atoms with Gasteiger partial charge in [-0.15, -0.1) is 17.8 Å². The van der Waals surface area contributed by atoms with Crippen LogP contribution in [0.15, 0.2) is 90.6 Å². The lowest BCUT2D eigenvalue weighted by Crippen LogP contribution is -2.29. The van der Waals surface area contributed by atoms with Gasteiger partial charge in [0, 0.05) is 17.9 Å². The van der Waals surface area contributed by atoms with Crippen molar-refractivity contribution in [2.75, 3.05) is 5.73 Å². The molecule has 3 aromatic rings. The number of rotatable bonds is 4. The maximum atomic E-state index is 9.12. The predicted molar refractivity (Wildman–Crippen MR) is 104 cm³/mol. The van der Waals surface area contributed by atoms with Crippen LogP contribution in [0.3, 0.4) is 0 Å². The molecule has 0 unspecified atom stereocenters. The first-order chi connectivity index (χ1) is 12.3. The Balaban J connectivity index is 0.000000269. The second-order valence-corrected chi connectivity index (χ2v) is 5.87. The molecule has 0 saturated heterocycles. The zero-order valence-electron chi connectivity index (χ0n) is 13.7. The maximum Gasteiger partial charge on any atom is 0.295 e. The summed E-state index contributed by atoms with van der Waals surface area (Å²) in [5.74, 6) is 0.874. The Hall–Kier alpha value is -3.03. The van der Waals surface area contributed by atoms with E-state index in [1.165, 1.54) is 5.56 Å². The number of thioether (sulfide) groups is 1. The topological polar surface area (TPSA) is 53.7 Å². The van der Waals surface area contributed by atoms with E-state index in [-0.39, 0.29) is 0 Å². The van der Waals surface area contributed by atoms with Crippen molar-refractivity contribution in [1.82, 2.24) is 0 Å². The van der Waals surface area contributed by atoms with E-state index in [1.807, 2.05) is 70.9 Å². The van der Waals surface area contributed by atoms with Crippen LogP contribution < -0.4 is 10.3 Å². The average Bonchev–Trinajstić information content (AvgIpc) is 2.68. The summed E-state index contributed by atoms with van der Waals surface area (Å²) >= 11 is 1.63. The Morgan fingerprint density at radius 2 is 1.72 bits per heavy atom. The highest BCUT2D eigenvalue weighted by molar-refractivity contribution is 8.01. The molecule has 0 radical (unpaired) electrons. The number of para-hydroxylation sites is 1. The molecule has 4 heteroatoms. The zero-order chi connectivity index (χ0) is 17.7. The summed E-state index contributed by atoms with van der Waals surface area (Å²) in [6.45, 7) is 0. The first-order valence-corrected chi connectivity index (χ1v) is 8.79. The first kappa shape index (κ1) is 18.3. The van der Waals surface area contributed by atoms with Crippen LogP contribution in [0, 0.1) is 17.4 Å². The van der Waals surface area contributed by atoms with Crippen LogP contribution in [0.1, 0.15) is 5.56 Å². The minimum atomic E-state index is 0.636. The van der Waals surface area contributed by atoms with Gasteiger partial charge in [-0.3, -0.25) is 0 Å². The van der Waals surface area contributed by atoms with Crippen molar-refractivity contribution in [2.45, 2.75) is 5.75 Å². The van der Waals surface area contributed by atoms with E-state index in [9.17, 15) is 0 Å². The van der Waals surface area contributed by atoms with Crippen molar-refractivity contribution in [3.63, 3.8) is 0 Å². The molecule has 0 spiro atoms. The number of benzene rings is 2. The van der Waals surface area contributed by atoms with Gasteiger partial charge in [-0.25, -0.2) is 0 Å². The van der Waals surface area contributed by atoms with E-state index in [4.69, 9.17) is 11.0 Å². The lowest BCUT2D eigenvalue weighted by Gasteiger charge is -1.96. The Bertz CT molecular complexity index is 810. The van der Waals surface area contributed by atoms with Gasteiger partial charge in [0.15, 0.2) is 18.5 Å². The van der Waals surface area contributed by atoms with Crippen LogP contribution in [-0.4, -0.2) is 0 Å². The molecule has 0 aliphatic heterocycles. The Morgan fingerprint density at radius 1 is 1.04 bits per heavy atom. The Kier molecular flexibility index (Phi) is 7.83. The number of nitrogens with two attached hydrogens (primary N) is 1. The number of hydrogen-bond donors (Lipinski definition) is 1. The van der Waals surface area contributed by atoms with Crippen LogP contribution >= 0.6 is 11.8 Å². The number of anilines is 1. The third-order valence-corrected chi connectivity index (χ3v) is 4.02. The van der Waals surface area contributed by atoms with Gasteiger partial charge in [-0.05, 0) is 5.56 Å². The summed E-state index contributed by atoms with van der Waals surface area (Å²) in [5.41, 5.74) is 7.89. The molecule has 124 valence electrons. The molecule has 3 rings (SSSR count). The lowest BCUT2D eigenvalue weighted by molar-refractivity contribution is -0.577. The van der Waals surface area contributed by atoms with Gasteiger partial charge in [0.2, 0.25) is 0 Å². The fourth-order valence-corrected chi connectivity index (χ4v) is 2.70. The molecule has 0 saturated carbocycles. The molecule has 0 atom stereocenters.